The number of hydrogen-bond donors (Lipinski definition) is 0. The maximum absolute atomic E-state index is 6.33. The Bertz CT molecular complexity index is 2860. The van der Waals surface area contributed by atoms with Crippen molar-refractivity contribution in [2.24, 2.45) is 0 Å². The largest absolute Gasteiger partial charge is 0.456 e. The van der Waals surface area contributed by atoms with Gasteiger partial charge in [-0.1, -0.05) is 77.9 Å². The zero-order valence-electron chi connectivity index (χ0n) is 26.2. The van der Waals surface area contributed by atoms with E-state index >= 15 is 0 Å². The Hall–Kier alpha value is -6.06. The fourth-order valence-corrected chi connectivity index (χ4v) is 7.62. The first-order valence-corrected chi connectivity index (χ1v) is 16.2. The first kappa shape index (κ1) is 26.2. The van der Waals surface area contributed by atoms with Gasteiger partial charge in [-0.15, -0.1) is 0 Å². The van der Waals surface area contributed by atoms with Gasteiger partial charge in [0.05, 0.1) is 22.1 Å². The quantitative estimate of drug-likeness (QED) is 0.197. The van der Waals surface area contributed by atoms with E-state index in [0.29, 0.717) is 0 Å². The molecule has 0 bridgehead atoms. The highest BCUT2D eigenvalue weighted by atomic mass is 16.3. The van der Waals surface area contributed by atoms with Crippen LogP contribution in [0.1, 0.15) is 11.1 Å². The third-order valence-corrected chi connectivity index (χ3v) is 9.81. The normalized spacial score (nSPS) is 12.0. The molecule has 7 aromatic carbocycles. The molecule has 0 aliphatic rings. The van der Waals surface area contributed by atoms with E-state index in [1.54, 1.807) is 0 Å². The van der Waals surface area contributed by atoms with Crippen molar-refractivity contribution in [2.75, 3.05) is 0 Å². The zero-order chi connectivity index (χ0) is 31.2. The lowest BCUT2D eigenvalue weighted by Crippen LogP contribution is -1.94. The summed E-state index contributed by atoms with van der Waals surface area (Å²) in [4.78, 5) is 0. The first-order valence-electron chi connectivity index (χ1n) is 16.2. The summed E-state index contributed by atoms with van der Waals surface area (Å²) in [6, 6.07) is 52.9. The van der Waals surface area contributed by atoms with Crippen molar-refractivity contribution in [3.63, 3.8) is 0 Å². The molecule has 3 aromatic heterocycles. The molecular weight excluding hydrogens is 572 g/mol. The van der Waals surface area contributed by atoms with E-state index in [2.05, 4.69) is 156 Å². The minimum Gasteiger partial charge on any atom is -0.456 e. The van der Waals surface area contributed by atoms with Crippen LogP contribution in [-0.4, -0.2) is 9.13 Å². The molecule has 3 heterocycles. The summed E-state index contributed by atoms with van der Waals surface area (Å²) in [6.07, 6.45) is 0. The average molecular weight is 603 g/mol. The van der Waals surface area contributed by atoms with Gasteiger partial charge >= 0.3 is 0 Å². The summed E-state index contributed by atoms with van der Waals surface area (Å²) < 4.78 is 11.1. The van der Waals surface area contributed by atoms with Gasteiger partial charge in [-0.3, -0.25) is 0 Å². The number of hydrogen-bond acceptors (Lipinski definition) is 1. The van der Waals surface area contributed by atoms with Crippen molar-refractivity contribution in [1.29, 1.82) is 0 Å². The molecule has 0 aliphatic carbocycles. The van der Waals surface area contributed by atoms with E-state index in [9.17, 15) is 0 Å². The minimum atomic E-state index is 0.900. The maximum atomic E-state index is 6.33. The maximum Gasteiger partial charge on any atom is 0.137 e. The fourth-order valence-electron chi connectivity index (χ4n) is 7.62. The Kier molecular flexibility index (Phi) is 5.41. The van der Waals surface area contributed by atoms with Crippen LogP contribution < -0.4 is 0 Å². The van der Waals surface area contributed by atoms with Gasteiger partial charge in [-0.05, 0) is 97.8 Å². The van der Waals surface area contributed by atoms with Gasteiger partial charge < -0.3 is 13.6 Å². The zero-order valence-corrected chi connectivity index (χ0v) is 26.2. The molecule has 0 atom stereocenters. The summed E-state index contributed by atoms with van der Waals surface area (Å²) in [7, 11) is 0. The fraction of sp³-hybridized carbons (Fsp3) is 0.0455. The highest BCUT2D eigenvalue weighted by Gasteiger charge is 2.17. The summed E-state index contributed by atoms with van der Waals surface area (Å²) in [6.45, 7) is 4.34. The van der Waals surface area contributed by atoms with E-state index in [-0.39, 0.29) is 0 Å². The van der Waals surface area contributed by atoms with Crippen LogP contribution in [0.3, 0.4) is 0 Å². The highest BCUT2D eigenvalue weighted by Crippen LogP contribution is 2.39. The van der Waals surface area contributed by atoms with E-state index in [1.807, 2.05) is 12.1 Å². The third kappa shape index (κ3) is 3.87. The lowest BCUT2D eigenvalue weighted by atomic mass is 10.0. The van der Waals surface area contributed by atoms with Gasteiger partial charge in [0, 0.05) is 49.8 Å². The second-order valence-electron chi connectivity index (χ2n) is 12.8. The van der Waals surface area contributed by atoms with Crippen LogP contribution >= 0.6 is 0 Å². The number of benzene rings is 7. The molecular formula is C44H30N2O. The van der Waals surface area contributed by atoms with Crippen LogP contribution in [-0.2, 0) is 0 Å². The van der Waals surface area contributed by atoms with Crippen molar-refractivity contribution in [3.05, 3.63) is 157 Å². The molecule has 3 heteroatoms. The predicted molar refractivity (Wildman–Crippen MR) is 197 cm³/mol. The molecule has 0 amide bonds. The number of fused-ring (bicyclic) bond motifs is 9. The Morgan fingerprint density at radius 1 is 0.362 bits per heavy atom. The highest BCUT2D eigenvalue weighted by molar-refractivity contribution is 6.13. The van der Waals surface area contributed by atoms with Crippen LogP contribution in [0.2, 0.25) is 0 Å². The SMILES string of the molecule is Cc1ccc2c(c1)c1cc(-c3ccc4c5cc(C)ccc5n(-c5ccc6c(c5)oc5ccccc56)c4c3)ccc1n2-c1ccccc1. The Labute approximate surface area is 271 Å². The topological polar surface area (TPSA) is 23.0 Å². The van der Waals surface area contributed by atoms with Gasteiger partial charge in [-0.2, -0.15) is 0 Å². The van der Waals surface area contributed by atoms with Gasteiger partial charge in [0.1, 0.15) is 11.2 Å². The average Bonchev–Trinajstić information content (AvgIpc) is 3.74. The molecule has 0 fully saturated rings. The Morgan fingerprint density at radius 2 is 0.936 bits per heavy atom. The number of rotatable bonds is 3. The number of furan rings is 1. The molecule has 0 N–H and O–H groups in total. The molecule has 0 unspecified atom stereocenters. The lowest BCUT2D eigenvalue weighted by molar-refractivity contribution is 0.668. The van der Waals surface area contributed by atoms with Crippen molar-refractivity contribution in [2.45, 2.75) is 13.8 Å². The predicted octanol–water partition coefficient (Wildman–Crippen LogP) is 12.1. The van der Waals surface area contributed by atoms with E-state index in [4.69, 9.17) is 4.42 Å². The first-order chi connectivity index (χ1) is 23.1. The summed E-state index contributed by atoms with van der Waals surface area (Å²) in [5.74, 6) is 0. The number of aryl methyl sites for hydroxylation is 2. The number of aromatic nitrogens is 2. The van der Waals surface area contributed by atoms with Crippen LogP contribution in [0.4, 0.5) is 0 Å². The summed E-state index contributed by atoms with van der Waals surface area (Å²) in [5, 5.41) is 7.32. The second kappa shape index (κ2) is 9.72. The summed E-state index contributed by atoms with van der Waals surface area (Å²) in [5.41, 5.74) is 13.8. The molecule has 0 aliphatic heterocycles. The molecule has 222 valence electrons. The molecule has 10 aromatic rings. The van der Waals surface area contributed by atoms with Crippen LogP contribution in [0, 0.1) is 13.8 Å². The molecule has 0 saturated carbocycles. The molecule has 0 saturated heterocycles. The van der Waals surface area contributed by atoms with Gasteiger partial charge in [0.15, 0.2) is 0 Å². The smallest absolute Gasteiger partial charge is 0.137 e. The minimum absolute atomic E-state index is 0.900. The van der Waals surface area contributed by atoms with Crippen molar-refractivity contribution < 1.29 is 4.42 Å². The molecule has 47 heavy (non-hydrogen) atoms. The van der Waals surface area contributed by atoms with Gasteiger partial charge in [-0.25, -0.2) is 0 Å². The van der Waals surface area contributed by atoms with E-state index in [1.165, 1.54) is 71.6 Å². The second-order valence-corrected chi connectivity index (χ2v) is 12.8. The molecule has 10 rings (SSSR count). The number of nitrogens with zero attached hydrogens (tertiary/aromatic N) is 2. The van der Waals surface area contributed by atoms with Crippen LogP contribution in [0.25, 0.3) is 88.1 Å². The Balaban J connectivity index is 1.21. The van der Waals surface area contributed by atoms with Crippen LogP contribution in [0.5, 0.6) is 0 Å². The molecule has 0 radical (unpaired) electrons. The number of para-hydroxylation sites is 2. The van der Waals surface area contributed by atoms with Gasteiger partial charge in [0.25, 0.3) is 0 Å². The lowest BCUT2D eigenvalue weighted by Gasteiger charge is -2.10. The molecule has 0 spiro atoms. The van der Waals surface area contributed by atoms with E-state index in [0.717, 1.165) is 27.6 Å². The Morgan fingerprint density at radius 3 is 1.72 bits per heavy atom. The third-order valence-electron chi connectivity index (χ3n) is 9.81. The monoisotopic (exact) mass is 602 g/mol. The van der Waals surface area contributed by atoms with Crippen LogP contribution in [0.15, 0.2) is 150 Å². The summed E-state index contributed by atoms with van der Waals surface area (Å²) >= 11 is 0. The van der Waals surface area contributed by atoms with E-state index < -0.39 is 0 Å². The van der Waals surface area contributed by atoms with Crippen molar-refractivity contribution in [1.82, 2.24) is 9.13 Å². The van der Waals surface area contributed by atoms with Gasteiger partial charge in [0.2, 0.25) is 0 Å². The standard InChI is InChI=1S/C44H30N2O/c1-27-12-19-39-36(22-27)33-17-14-30(25-42(33)46(39)32-16-18-35-34-10-6-7-11-43(34)47-44(35)26-32)29-15-21-41-38(24-29)37-23-28(2)13-20-40(37)45(41)31-8-4-3-5-9-31/h3-26H,1-2H3. The van der Waals surface area contributed by atoms with Crippen molar-refractivity contribution in [3.8, 4) is 22.5 Å². The van der Waals surface area contributed by atoms with Crippen molar-refractivity contribution >= 4 is 65.6 Å². The molecule has 3 nitrogen and oxygen atoms in total.